The van der Waals surface area contributed by atoms with Crippen LogP contribution in [0.4, 0.5) is 0 Å². The summed E-state index contributed by atoms with van der Waals surface area (Å²) >= 11 is 0. The molecule has 0 unspecified atom stereocenters. The first kappa shape index (κ1) is 14.8. The zero-order valence-electron chi connectivity index (χ0n) is 11.2. The molecule has 0 aromatic rings. The van der Waals surface area contributed by atoms with E-state index in [1.165, 1.54) is 6.92 Å². The van der Waals surface area contributed by atoms with Gasteiger partial charge in [-0.25, -0.2) is 4.79 Å². The number of rotatable bonds is 2. The molecule has 0 aromatic heterocycles. The third-order valence-corrected chi connectivity index (χ3v) is 1.43. The van der Waals surface area contributed by atoms with Gasteiger partial charge in [-0.1, -0.05) is 0 Å². The molecule has 0 aliphatic rings. The predicted molar refractivity (Wildman–Crippen MR) is 62.0 cm³/mol. The van der Waals surface area contributed by atoms with Gasteiger partial charge in [0.05, 0.1) is 0 Å². The van der Waals surface area contributed by atoms with E-state index in [2.05, 4.69) is 0 Å². The molecule has 16 heavy (non-hydrogen) atoms. The molecule has 0 aliphatic carbocycles. The SMILES string of the molecule is C/C(C(=O)OC(C)(C)C)=C(/O)OC(C)(C)C. The van der Waals surface area contributed by atoms with Crippen LogP contribution in [0.2, 0.25) is 0 Å². The van der Waals surface area contributed by atoms with Gasteiger partial charge in [0.25, 0.3) is 5.95 Å². The minimum Gasteiger partial charge on any atom is -0.481 e. The van der Waals surface area contributed by atoms with Crippen LogP contribution in [-0.4, -0.2) is 22.3 Å². The average Bonchev–Trinajstić information content (AvgIpc) is 1.96. The molecular weight excluding hydrogens is 208 g/mol. The van der Waals surface area contributed by atoms with Crippen molar-refractivity contribution in [3.8, 4) is 0 Å². The molecule has 1 N–H and O–H groups in total. The van der Waals surface area contributed by atoms with E-state index >= 15 is 0 Å². The highest BCUT2D eigenvalue weighted by atomic mass is 16.6. The van der Waals surface area contributed by atoms with Gasteiger partial charge >= 0.3 is 5.97 Å². The van der Waals surface area contributed by atoms with Gasteiger partial charge in [-0.05, 0) is 48.5 Å². The Morgan fingerprint density at radius 3 is 1.62 bits per heavy atom. The third kappa shape index (κ3) is 6.32. The monoisotopic (exact) mass is 230 g/mol. The van der Waals surface area contributed by atoms with Crippen molar-refractivity contribution in [1.82, 2.24) is 0 Å². The van der Waals surface area contributed by atoms with Crippen molar-refractivity contribution < 1.29 is 19.4 Å². The number of aliphatic hydroxyl groups excluding tert-OH is 1. The molecule has 0 aliphatic heterocycles. The summed E-state index contributed by atoms with van der Waals surface area (Å²) < 4.78 is 10.3. The summed E-state index contributed by atoms with van der Waals surface area (Å²) in [6.07, 6.45) is 0. The van der Waals surface area contributed by atoms with Gasteiger partial charge in [-0.2, -0.15) is 0 Å². The van der Waals surface area contributed by atoms with E-state index in [0.29, 0.717) is 0 Å². The summed E-state index contributed by atoms with van der Waals surface area (Å²) in [5.41, 5.74) is -1.06. The van der Waals surface area contributed by atoms with Crippen LogP contribution in [0.1, 0.15) is 48.5 Å². The lowest BCUT2D eigenvalue weighted by atomic mass is 10.2. The fourth-order valence-electron chi connectivity index (χ4n) is 0.809. The van der Waals surface area contributed by atoms with Crippen molar-refractivity contribution in [2.24, 2.45) is 0 Å². The third-order valence-electron chi connectivity index (χ3n) is 1.43. The van der Waals surface area contributed by atoms with E-state index in [1.807, 2.05) is 0 Å². The Balaban J connectivity index is 4.70. The van der Waals surface area contributed by atoms with E-state index in [-0.39, 0.29) is 11.5 Å². The average molecular weight is 230 g/mol. The zero-order chi connectivity index (χ0) is 13.1. The second-order valence-corrected chi connectivity index (χ2v) is 5.65. The summed E-state index contributed by atoms with van der Waals surface area (Å²) in [5, 5.41) is 9.58. The maximum absolute atomic E-state index is 11.6. The Morgan fingerprint density at radius 2 is 1.31 bits per heavy atom. The zero-order valence-corrected chi connectivity index (χ0v) is 11.2. The normalized spacial score (nSPS) is 14.2. The van der Waals surface area contributed by atoms with Gasteiger partial charge in [0.15, 0.2) is 0 Å². The van der Waals surface area contributed by atoms with Gasteiger partial charge in [0.2, 0.25) is 0 Å². The second kappa shape index (κ2) is 4.76. The van der Waals surface area contributed by atoms with Gasteiger partial charge in [0, 0.05) is 0 Å². The van der Waals surface area contributed by atoms with E-state index in [0.717, 1.165) is 0 Å². The summed E-state index contributed by atoms with van der Waals surface area (Å²) in [4.78, 5) is 11.6. The van der Waals surface area contributed by atoms with Crippen molar-refractivity contribution >= 4 is 5.97 Å². The molecule has 0 spiro atoms. The molecule has 0 aromatic carbocycles. The molecule has 0 fully saturated rings. The molecule has 4 heteroatoms. The lowest BCUT2D eigenvalue weighted by molar-refractivity contribution is -0.150. The molecule has 0 saturated carbocycles. The maximum atomic E-state index is 11.6. The highest BCUT2D eigenvalue weighted by molar-refractivity contribution is 5.88. The first-order valence-electron chi connectivity index (χ1n) is 5.24. The van der Waals surface area contributed by atoms with Crippen LogP contribution in [0.3, 0.4) is 0 Å². The molecule has 94 valence electrons. The molecule has 4 nitrogen and oxygen atoms in total. The minimum atomic E-state index is -0.583. The Hall–Kier alpha value is -1.19. The summed E-state index contributed by atoms with van der Waals surface area (Å²) in [6, 6.07) is 0. The lowest BCUT2D eigenvalue weighted by Gasteiger charge is -2.23. The lowest BCUT2D eigenvalue weighted by Crippen LogP contribution is -2.26. The molecule has 0 amide bonds. The molecule has 0 rings (SSSR count). The molecule has 0 heterocycles. The van der Waals surface area contributed by atoms with Gasteiger partial charge in [-0.15, -0.1) is 0 Å². The fraction of sp³-hybridized carbons (Fsp3) is 0.750. The van der Waals surface area contributed by atoms with Crippen molar-refractivity contribution in [3.63, 3.8) is 0 Å². The van der Waals surface area contributed by atoms with E-state index in [1.54, 1.807) is 41.5 Å². The summed E-state index contributed by atoms with van der Waals surface area (Å²) in [6.45, 7) is 12.1. The number of carbonyl (C=O) groups excluding carboxylic acids is 1. The van der Waals surface area contributed by atoms with E-state index in [4.69, 9.17) is 9.47 Å². The van der Waals surface area contributed by atoms with E-state index in [9.17, 15) is 9.90 Å². The highest BCUT2D eigenvalue weighted by Gasteiger charge is 2.23. The molecule has 0 bridgehead atoms. The maximum Gasteiger partial charge on any atom is 0.341 e. The van der Waals surface area contributed by atoms with Crippen LogP contribution in [-0.2, 0) is 14.3 Å². The molecule has 0 radical (unpaired) electrons. The number of hydrogen-bond donors (Lipinski definition) is 1. The number of hydrogen-bond acceptors (Lipinski definition) is 4. The van der Waals surface area contributed by atoms with Crippen molar-refractivity contribution in [2.75, 3.05) is 0 Å². The van der Waals surface area contributed by atoms with Crippen LogP contribution in [0, 0.1) is 0 Å². The van der Waals surface area contributed by atoms with Gasteiger partial charge in [-0.3, -0.25) is 0 Å². The summed E-state index contributed by atoms with van der Waals surface area (Å²) in [7, 11) is 0. The number of esters is 1. The number of aliphatic hydroxyl groups is 1. The van der Waals surface area contributed by atoms with Gasteiger partial charge in [0.1, 0.15) is 16.8 Å². The number of ether oxygens (including phenoxy) is 2. The van der Waals surface area contributed by atoms with E-state index < -0.39 is 17.2 Å². The van der Waals surface area contributed by atoms with Crippen LogP contribution in [0.15, 0.2) is 11.5 Å². The second-order valence-electron chi connectivity index (χ2n) is 5.65. The van der Waals surface area contributed by atoms with Crippen LogP contribution in [0.5, 0.6) is 0 Å². The van der Waals surface area contributed by atoms with Crippen LogP contribution < -0.4 is 0 Å². The van der Waals surface area contributed by atoms with Gasteiger partial charge < -0.3 is 14.6 Å². The van der Waals surface area contributed by atoms with Crippen LogP contribution in [0.25, 0.3) is 0 Å². The predicted octanol–water partition coefficient (Wildman–Crippen LogP) is 2.93. The van der Waals surface area contributed by atoms with Crippen molar-refractivity contribution in [1.29, 1.82) is 0 Å². The minimum absolute atomic E-state index is 0.0739. The smallest absolute Gasteiger partial charge is 0.341 e. The molecule has 0 atom stereocenters. The van der Waals surface area contributed by atoms with Crippen molar-refractivity contribution in [2.45, 2.75) is 59.7 Å². The Bertz CT molecular complexity index is 289. The Labute approximate surface area is 97.2 Å². The first-order valence-corrected chi connectivity index (χ1v) is 5.24. The molecular formula is C12H22O4. The first-order chi connectivity index (χ1) is 6.92. The quantitative estimate of drug-likeness (QED) is 0.450. The fourth-order valence-corrected chi connectivity index (χ4v) is 0.809. The number of carbonyl (C=O) groups is 1. The van der Waals surface area contributed by atoms with Crippen molar-refractivity contribution in [3.05, 3.63) is 11.5 Å². The molecule has 0 saturated heterocycles. The summed E-state index contributed by atoms with van der Waals surface area (Å²) in [5.74, 6) is -0.962. The largest absolute Gasteiger partial charge is 0.481 e. The standard InChI is InChI=1S/C12H22O4/c1-8(9(13)15-11(2,3)4)10(14)16-12(5,6)7/h13H,1-7H3/b9-8+. The topological polar surface area (TPSA) is 55.8 Å². The van der Waals surface area contributed by atoms with Crippen LogP contribution >= 0.6 is 0 Å². The highest BCUT2D eigenvalue weighted by Crippen LogP contribution is 2.17. The Kier molecular flexibility index (Phi) is 4.41. The Morgan fingerprint density at radius 1 is 0.938 bits per heavy atom.